The fourth-order valence-electron chi connectivity index (χ4n) is 4.33. The molecule has 3 heterocycles. The van der Waals surface area contributed by atoms with Crippen molar-refractivity contribution >= 4 is 45.8 Å². The molecule has 1 aliphatic rings. The molecular weight excluding hydrogens is 558 g/mol. The van der Waals surface area contributed by atoms with Crippen molar-refractivity contribution in [3.8, 4) is 10.6 Å². The van der Waals surface area contributed by atoms with Gasteiger partial charge in [-0.15, -0.1) is 0 Å². The molecule has 3 amide bonds. The number of alkyl halides is 3. The summed E-state index contributed by atoms with van der Waals surface area (Å²) in [6.45, 7) is 2.90. The molecule has 16 heteroatoms. The molecule has 0 saturated carbocycles. The van der Waals surface area contributed by atoms with E-state index in [1.807, 2.05) is 22.5 Å². The molecule has 11 nitrogen and oxygen atoms in total. The standard InChI is InChI=1S/C24H25F4N7O4S/c1-2-35-21(34-10-5-6-13(9-11-34)30-22(37)24(26,27)28)16(12-29-35)31-18(36)17-20(33-23(38)39)40-19(32-17)14-7-3-4-8-15(14)25/h3-4,7-8,12-13,33H,2,5-6,9-11H2,1H3,(H,30,37)(H,31,36)(H,38,39)/p-1. The van der Waals surface area contributed by atoms with E-state index in [2.05, 4.69) is 15.4 Å². The number of anilines is 3. The molecule has 0 aliphatic carbocycles. The van der Waals surface area contributed by atoms with Crippen molar-refractivity contribution in [1.82, 2.24) is 20.1 Å². The van der Waals surface area contributed by atoms with E-state index in [1.54, 1.807) is 10.7 Å². The molecule has 1 aromatic carbocycles. The van der Waals surface area contributed by atoms with E-state index in [1.165, 1.54) is 24.4 Å². The number of rotatable bonds is 7. The number of halogens is 4. The molecule has 3 N–H and O–H groups in total. The fraction of sp³-hybridized carbons (Fsp3) is 0.375. The Bertz CT molecular complexity index is 1410. The summed E-state index contributed by atoms with van der Waals surface area (Å²) in [5.41, 5.74) is 0.0158. The smallest absolute Gasteiger partial charge is 0.471 e. The number of aryl methyl sites for hydroxylation is 1. The van der Waals surface area contributed by atoms with Gasteiger partial charge in [0.1, 0.15) is 27.6 Å². The Kier molecular flexibility index (Phi) is 8.56. The minimum Gasteiger partial charge on any atom is -0.530 e. The zero-order chi connectivity index (χ0) is 29.0. The van der Waals surface area contributed by atoms with Crippen molar-refractivity contribution in [2.75, 3.05) is 28.6 Å². The van der Waals surface area contributed by atoms with Crippen LogP contribution in [-0.4, -0.2) is 58.0 Å². The molecule has 1 fully saturated rings. The number of benzene rings is 1. The highest BCUT2D eigenvalue weighted by Gasteiger charge is 2.40. The van der Waals surface area contributed by atoms with Gasteiger partial charge in [0.25, 0.3) is 5.91 Å². The van der Waals surface area contributed by atoms with Crippen LogP contribution >= 0.6 is 11.3 Å². The second kappa shape index (κ2) is 11.9. The number of nitrogens with one attached hydrogen (secondary N) is 3. The maximum Gasteiger partial charge on any atom is 0.471 e. The lowest BCUT2D eigenvalue weighted by Gasteiger charge is -2.25. The Labute approximate surface area is 229 Å². The first-order valence-corrected chi connectivity index (χ1v) is 13.0. The van der Waals surface area contributed by atoms with E-state index < -0.39 is 35.9 Å². The van der Waals surface area contributed by atoms with Crippen LogP contribution in [0.3, 0.4) is 0 Å². The topological polar surface area (TPSA) is 144 Å². The highest BCUT2D eigenvalue weighted by Crippen LogP contribution is 2.35. The molecule has 1 unspecified atom stereocenters. The van der Waals surface area contributed by atoms with Gasteiger partial charge in [-0.25, -0.2) is 14.1 Å². The molecule has 1 aliphatic heterocycles. The first kappa shape index (κ1) is 28.8. The zero-order valence-corrected chi connectivity index (χ0v) is 21.9. The number of nitrogens with zero attached hydrogens (tertiary/aromatic N) is 4. The van der Waals surface area contributed by atoms with Gasteiger partial charge in [-0.1, -0.05) is 23.5 Å². The number of thiazole rings is 1. The largest absolute Gasteiger partial charge is 0.530 e. The SMILES string of the molecule is CCn1ncc(NC(=O)c2nc(-c3ccccc3F)sc2NC(=O)[O-])c1N1CCCC(NC(=O)C(F)(F)F)CC1. The van der Waals surface area contributed by atoms with E-state index >= 15 is 0 Å². The van der Waals surface area contributed by atoms with Crippen LogP contribution in [0.2, 0.25) is 0 Å². The number of aromatic nitrogens is 3. The average Bonchev–Trinajstić information content (AvgIpc) is 3.41. The molecule has 3 aromatic rings. The molecule has 0 radical (unpaired) electrons. The van der Waals surface area contributed by atoms with Crippen LogP contribution in [0.25, 0.3) is 10.6 Å². The monoisotopic (exact) mass is 582 g/mol. The summed E-state index contributed by atoms with van der Waals surface area (Å²) < 4.78 is 54.0. The van der Waals surface area contributed by atoms with Gasteiger partial charge in [-0.3, -0.25) is 9.59 Å². The van der Waals surface area contributed by atoms with E-state index in [-0.39, 0.29) is 39.9 Å². The minimum atomic E-state index is -4.98. The summed E-state index contributed by atoms with van der Waals surface area (Å²) >= 11 is 0.756. The van der Waals surface area contributed by atoms with Crippen LogP contribution in [0.4, 0.5) is 38.9 Å². The van der Waals surface area contributed by atoms with Gasteiger partial charge < -0.3 is 30.8 Å². The Morgan fingerprint density at radius 1 is 1.15 bits per heavy atom. The summed E-state index contributed by atoms with van der Waals surface area (Å²) in [5, 5.41) is 22.1. The third kappa shape index (κ3) is 6.50. The average molecular weight is 583 g/mol. The number of hydrogen-bond donors (Lipinski definition) is 3. The highest BCUT2D eigenvalue weighted by atomic mass is 32.1. The van der Waals surface area contributed by atoms with E-state index in [0.29, 0.717) is 31.7 Å². The number of carboxylic acid groups (broad SMARTS) is 1. The van der Waals surface area contributed by atoms with Gasteiger partial charge in [-0.05, 0) is 38.3 Å². The first-order valence-electron chi connectivity index (χ1n) is 12.2. The van der Waals surface area contributed by atoms with Gasteiger partial charge >= 0.3 is 12.1 Å². The highest BCUT2D eigenvalue weighted by molar-refractivity contribution is 7.19. The normalized spacial score (nSPS) is 15.8. The predicted molar refractivity (Wildman–Crippen MR) is 136 cm³/mol. The molecule has 2 aromatic heterocycles. The maximum absolute atomic E-state index is 14.3. The summed E-state index contributed by atoms with van der Waals surface area (Å²) in [4.78, 5) is 41.9. The van der Waals surface area contributed by atoms with Crippen molar-refractivity contribution in [2.24, 2.45) is 0 Å². The minimum absolute atomic E-state index is 0.0657. The predicted octanol–water partition coefficient (Wildman–Crippen LogP) is 3.21. The van der Waals surface area contributed by atoms with Gasteiger partial charge in [0.15, 0.2) is 11.5 Å². The summed E-state index contributed by atoms with van der Waals surface area (Å²) in [6, 6.07) is 5.00. The Morgan fingerprint density at radius 3 is 2.58 bits per heavy atom. The summed E-state index contributed by atoms with van der Waals surface area (Å²) in [7, 11) is 0. The number of carbonyl (C=O) groups is 3. The van der Waals surface area contributed by atoms with E-state index in [0.717, 1.165) is 11.3 Å². The van der Waals surface area contributed by atoms with Crippen LogP contribution in [0.15, 0.2) is 30.5 Å². The third-order valence-electron chi connectivity index (χ3n) is 6.14. The summed E-state index contributed by atoms with van der Waals surface area (Å²) in [6.07, 6.45) is -4.26. The molecular formula is C24H24F4N7O4S-. The van der Waals surface area contributed by atoms with Gasteiger partial charge in [0, 0.05) is 31.2 Å². The fourth-order valence-corrected chi connectivity index (χ4v) is 5.31. The van der Waals surface area contributed by atoms with E-state index in [9.17, 15) is 37.1 Å². The van der Waals surface area contributed by atoms with Crippen LogP contribution < -0.4 is 26.0 Å². The maximum atomic E-state index is 14.3. The van der Waals surface area contributed by atoms with Crippen LogP contribution in [-0.2, 0) is 11.3 Å². The number of hydrogen-bond acceptors (Lipinski definition) is 8. The van der Waals surface area contributed by atoms with Crippen LogP contribution in [0.5, 0.6) is 0 Å². The molecule has 1 saturated heterocycles. The molecule has 0 bridgehead atoms. The lowest BCUT2D eigenvalue weighted by molar-refractivity contribution is -0.242. The Hall–Kier alpha value is -4.21. The lowest BCUT2D eigenvalue weighted by atomic mass is 10.1. The van der Waals surface area contributed by atoms with Gasteiger partial charge in [-0.2, -0.15) is 18.3 Å². The molecule has 40 heavy (non-hydrogen) atoms. The Morgan fingerprint density at radius 2 is 1.90 bits per heavy atom. The molecule has 0 spiro atoms. The van der Waals surface area contributed by atoms with Crippen molar-refractivity contribution in [3.63, 3.8) is 0 Å². The summed E-state index contributed by atoms with van der Waals surface area (Å²) in [5.74, 6) is -2.92. The second-order valence-corrected chi connectivity index (χ2v) is 9.83. The second-order valence-electron chi connectivity index (χ2n) is 8.83. The third-order valence-corrected chi connectivity index (χ3v) is 7.15. The van der Waals surface area contributed by atoms with Crippen molar-refractivity contribution in [1.29, 1.82) is 0 Å². The number of carbonyl (C=O) groups excluding carboxylic acids is 3. The number of amides is 3. The lowest BCUT2D eigenvalue weighted by Crippen LogP contribution is -2.43. The van der Waals surface area contributed by atoms with E-state index in [4.69, 9.17) is 0 Å². The van der Waals surface area contributed by atoms with Gasteiger partial charge in [0.2, 0.25) is 0 Å². The van der Waals surface area contributed by atoms with Crippen molar-refractivity contribution in [2.45, 2.75) is 44.9 Å². The zero-order valence-electron chi connectivity index (χ0n) is 21.0. The molecule has 214 valence electrons. The first-order chi connectivity index (χ1) is 19.0. The van der Waals surface area contributed by atoms with Gasteiger partial charge in [0.05, 0.1) is 6.20 Å². The van der Waals surface area contributed by atoms with Crippen molar-refractivity contribution in [3.05, 3.63) is 42.0 Å². The molecule has 4 rings (SSSR count). The van der Waals surface area contributed by atoms with Crippen LogP contribution in [0, 0.1) is 5.82 Å². The Balaban J connectivity index is 1.57. The molecule has 1 atom stereocenters. The van der Waals surface area contributed by atoms with Crippen molar-refractivity contribution < 1.29 is 37.1 Å². The quantitative estimate of drug-likeness (QED) is 0.363. The van der Waals surface area contributed by atoms with Crippen LogP contribution in [0.1, 0.15) is 36.7 Å².